The smallest absolute Gasteiger partial charge is 0.258 e. The number of anilines is 1. The van der Waals surface area contributed by atoms with Gasteiger partial charge in [-0.15, -0.1) is 0 Å². The lowest BCUT2D eigenvalue weighted by Crippen LogP contribution is -2.42. The molecule has 3 rings (SSSR count). The highest BCUT2D eigenvalue weighted by Crippen LogP contribution is 2.33. The van der Waals surface area contributed by atoms with Crippen LogP contribution in [0.2, 0.25) is 0 Å². The van der Waals surface area contributed by atoms with Gasteiger partial charge in [-0.1, -0.05) is 18.2 Å². The third kappa shape index (κ3) is 2.25. The Morgan fingerprint density at radius 2 is 2.05 bits per heavy atom. The van der Waals surface area contributed by atoms with E-state index in [1.807, 2.05) is 31.2 Å². The summed E-state index contributed by atoms with van der Waals surface area (Å²) >= 11 is 0. The van der Waals surface area contributed by atoms with Gasteiger partial charge in [0.2, 0.25) is 0 Å². The van der Waals surface area contributed by atoms with Gasteiger partial charge in [-0.2, -0.15) is 0 Å². The molecule has 0 bridgehead atoms. The second-order valence-electron chi connectivity index (χ2n) is 4.82. The predicted molar refractivity (Wildman–Crippen MR) is 74.6 cm³/mol. The summed E-state index contributed by atoms with van der Waals surface area (Å²) in [7, 11) is 0. The van der Waals surface area contributed by atoms with Crippen molar-refractivity contribution in [2.24, 2.45) is 0 Å². The van der Waals surface area contributed by atoms with Gasteiger partial charge in [0.25, 0.3) is 5.91 Å². The van der Waals surface area contributed by atoms with Gasteiger partial charge in [-0.25, -0.2) is 4.39 Å². The largest absolute Gasteiger partial charge is 0.487 e. The molecule has 2 aromatic carbocycles. The number of ether oxygens (including phenoxy) is 1. The first kappa shape index (κ1) is 12.7. The summed E-state index contributed by atoms with van der Waals surface area (Å²) in [4.78, 5) is 14.2. The minimum absolute atomic E-state index is 0.0950. The zero-order valence-electron chi connectivity index (χ0n) is 11.0. The molecule has 2 aromatic rings. The van der Waals surface area contributed by atoms with E-state index in [0.29, 0.717) is 17.9 Å². The van der Waals surface area contributed by atoms with Crippen LogP contribution in [-0.2, 0) is 0 Å². The van der Waals surface area contributed by atoms with Gasteiger partial charge in [0, 0.05) is 5.56 Å². The van der Waals surface area contributed by atoms with Crippen molar-refractivity contribution in [3.63, 3.8) is 0 Å². The third-order valence-corrected chi connectivity index (χ3v) is 3.24. The fraction of sp³-hybridized carbons (Fsp3) is 0.188. The highest BCUT2D eigenvalue weighted by Gasteiger charge is 2.28. The van der Waals surface area contributed by atoms with Crippen molar-refractivity contribution in [2.75, 3.05) is 11.4 Å². The Hall–Kier alpha value is -2.36. The molecule has 3 nitrogen and oxygen atoms in total. The van der Waals surface area contributed by atoms with Crippen molar-refractivity contribution >= 4 is 11.6 Å². The predicted octanol–water partition coefficient (Wildman–Crippen LogP) is 3.25. The summed E-state index contributed by atoms with van der Waals surface area (Å²) < 4.78 is 19.0. The Bertz CT molecular complexity index is 656. The first-order chi connectivity index (χ1) is 9.65. The molecule has 1 unspecified atom stereocenters. The van der Waals surface area contributed by atoms with E-state index < -0.39 is 5.82 Å². The number of carbonyl (C=O) groups is 1. The number of carbonyl (C=O) groups excluding carboxylic acids is 1. The van der Waals surface area contributed by atoms with Crippen LogP contribution in [0.1, 0.15) is 17.3 Å². The van der Waals surface area contributed by atoms with Crippen molar-refractivity contribution in [2.45, 2.75) is 13.0 Å². The van der Waals surface area contributed by atoms with Crippen LogP contribution >= 0.6 is 0 Å². The van der Waals surface area contributed by atoms with Gasteiger partial charge in [0.1, 0.15) is 17.7 Å². The molecular formula is C16H14FNO2. The maximum atomic E-state index is 13.3. The van der Waals surface area contributed by atoms with E-state index in [1.54, 1.807) is 17.0 Å². The summed E-state index contributed by atoms with van der Waals surface area (Å²) in [6.07, 6.45) is -0.0950. The van der Waals surface area contributed by atoms with E-state index >= 15 is 0 Å². The van der Waals surface area contributed by atoms with Crippen LogP contribution in [0.15, 0.2) is 48.5 Å². The molecule has 0 aliphatic carbocycles. The van der Waals surface area contributed by atoms with E-state index in [4.69, 9.17) is 4.74 Å². The first-order valence-corrected chi connectivity index (χ1v) is 6.48. The second-order valence-corrected chi connectivity index (χ2v) is 4.82. The summed E-state index contributed by atoms with van der Waals surface area (Å²) in [6, 6.07) is 13.1. The third-order valence-electron chi connectivity index (χ3n) is 3.24. The van der Waals surface area contributed by atoms with Crippen LogP contribution in [-0.4, -0.2) is 18.6 Å². The lowest BCUT2D eigenvalue weighted by atomic mass is 10.1. The molecule has 0 saturated heterocycles. The van der Waals surface area contributed by atoms with Gasteiger partial charge >= 0.3 is 0 Å². The molecule has 1 heterocycles. The van der Waals surface area contributed by atoms with Crippen molar-refractivity contribution < 1.29 is 13.9 Å². The second kappa shape index (κ2) is 4.96. The molecule has 1 amide bonds. The molecule has 102 valence electrons. The molecule has 1 atom stereocenters. The van der Waals surface area contributed by atoms with Crippen LogP contribution in [0, 0.1) is 5.82 Å². The Kier molecular flexibility index (Phi) is 3.14. The van der Waals surface area contributed by atoms with E-state index in [1.165, 1.54) is 12.1 Å². The highest BCUT2D eigenvalue weighted by molar-refractivity contribution is 6.07. The number of hydrogen-bond acceptors (Lipinski definition) is 2. The molecule has 0 spiro atoms. The fourth-order valence-electron chi connectivity index (χ4n) is 2.36. The fourth-order valence-corrected chi connectivity index (χ4v) is 2.36. The van der Waals surface area contributed by atoms with Crippen LogP contribution in [0.3, 0.4) is 0 Å². The summed E-state index contributed by atoms with van der Waals surface area (Å²) in [6.45, 7) is 2.36. The van der Waals surface area contributed by atoms with Crippen LogP contribution < -0.4 is 9.64 Å². The normalized spacial score (nSPS) is 17.3. The van der Waals surface area contributed by atoms with Crippen LogP contribution in [0.25, 0.3) is 0 Å². The number of benzene rings is 2. The average molecular weight is 271 g/mol. The molecule has 1 aliphatic rings. The number of nitrogens with zero attached hydrogens (tertiary/aromatic N) is 1. The average Bonchev–Trinajstić information content (AvgIpc) is 2.45. The number of para-hydroxylation sites is 2. The van der Waals surface area contributed by atoms with Crippen molar-refractivity contribution in [1.29, 1.82) is 0 Å². The number of halogens is 1. The monoisotopic (exact) mass is 271 g/mol. The SMILES string of the molecule is CC1CN(C(=O)c2cccc(F)c2)c2ccccc2O1. The zero-order valence-corrected chi connectivity index (χ0v) is 11.0. The lowest BCUT2D eigenvalue weighted by molar-refractivity contribution is 0.0960. The molecule has 0 fully saturated rings. The van der Waals surface area contributed by atoms with Crippen LogP contribution in [0.5, 0.6) is 5.75 Å². The van der Waals surface area contributed by atoms with E-state index in [-0.39, 0.29) is 12.0 Å². The van der Waals surface area contributed by atoms with Gasteiger partial charge in [0.15, 0.2) is 0 Å². The molecule has 20 heavy (non-hydrogen) atoms. The van der Waals surface area contributed by atoms with Crippen molar-refractivity contribution in [1.82, 2.24) is 0 Å². The molecule has 4 heteroatoms. The Balaban J connectivity index is 2.00. The molecule has 0 radical (unpaired) electrons. The molecular weight excluding hydrogens is 257 g/mol. The Labute approximate surface area is 116 Å². The summed E-state index contributed by atoms with van der Waals surface area (Å²) in [5.41, 5.74) is 1.06. The molecule has 0 saturated carbocycles. The van der Waals surface area contributed by atoms with E-state index in [0.717, 1.165) is 5.69 Å². The molecule has 0 aromatic heterocycles. The van der Waals surface area contributed by atoms with Crippen LogP contribution in [0.4, 0.5) is 10.1 Å². The Morgan fingerprint density at radius 1 is 1.25 bits per heavy atom. The van der Waals surface area contributed by atoms with Gasteiger partial charge in [-0.3, -0.25) is 4.79 Å². The van der Waals surface area contributed by atoms with E-state index in [9.17, 15) is 9.18 Å². The summed E-state index contributed by atoms with van der Waals surface area (Å²) in [5, 5.41) is 0. The molecule has 0 N–H and O–H groups in total. The van der Waals surface area contributed by atoms with Gasteiger partial charge in [-0.05, 0) is 37.3 Å². The zero-order chi connectivity index (χ0) is 14.1. The van der Waals surface area contributed by atoms with E-state index in [2.05, 4.69) is 0 Å². The Morgan fingerprint density at radius 3 is 2.85 bits per heavy atom. The number of rotatable bonds is 1. The topological polar surface area (TPSA) is 29.5 Å². The van der Waals surface area contributed by atoms with Gasteiger partial charge in [0.05, 0.1) is 12.2 Å². The maximum Gasteiger partial charge on any atom is 0.258 e. The minimum Gasteiger partial charge on any atom is -0.487 e. The minimum atomic E-state index is -0.412. The standard InChI is InChI=1S/C16H14FNO2/c1-11-10-18(14-7-2-3-8-15(14)20-11)16(19)12-5-4-6-13(17)9-12/h2-9,11H,10H2,1H3. The first-order valence-electron chi connectivity index (χ1n) is 6.48. The number of hydrogen-bond donors (Lipinski definition) is 0. The number of fused-ring (bicyclic) bond motifs is 1. The summed E-state index contributed by atoms with van der Waals surface area (Å²) in [5.74, 6) is 0.0496. The maximum absolute atomic E-state index is 13.3. The number of amides is 1. The van der Waals surface area contributed by atoms with Crippen molar-refractivity contribution in [3.8, 4) is 5.75 Å². The van der Waals surface area contributed by atoms with Gasteiger partial charge < -0.3 is 9.64 Å². The lowest BCUT2D eigenvalue weighted by Gasteiger charge is -2.33. The van der Waals surface area contributed by atoms with Crippen molar-refractivity contribution in [3.05, 3.63) is 59.9 Å². The highest BCUT2D eigenvalue weighted by atomic mass is 19.1. The molecule has 1 aliphatic heterocycles. The quantitative estimate of drug-likeness (QED) is 0.796.